The van der Waals surface area contributed by atoms with Crippen LogP contribution in [0.5, 0.6) is 0 Å². The Hall–Kier alpha value is -7.12. The molecule has 6 N–H and O–H groups in total. The lowest BCUT2D eigenvalue weighted by atomic mass is 9.70. The van der Waals surface area contributed by atoms with Crippen molar-refractivity contribution in [2.45, 2.75) is 88.8 Å². The summed E-state index contributed by atoms with van der Waals surface area (Å²) in [5.74, 6) is 2.45. The normalized spacial score (nSPS) is 18.9. The van der Waals surface area contributed by atoms with Crippen LogP contribution >= 0.6 is 0 Å². The molecule has 2 saturated heterocycles. The van der Waals surface area contributed by atoms with Crippen molar-refractivity contribution in [2.75, 3.05) is 49.2 Å². The van der Waals surface area contributed by atoms with E-state index in [-0.39, 0.29) is 42.4 Å². The third-order valence-corrected chi connectivity index (χ3v) is 14.5. The summed E-state index contributed by atoms with van der Waals surface area (Å²) in [7, 11) is 0. The van der Waals surface area contributed by atoms with Crippen molar-refractivity contribution in [1.29, 1.82) is 0 Å². The summed E-state index contributed by atoms with van der Waals surface area (Å²) in [6, 6.07) is 17.4. The van der Waals surface area contributed by atoms with Crippen LogP contribution in [0, 0.1) is 11.8 Å². The van der Waals surface area contributed by atoms with E-state index in [0.717, 1.165) is 85.0 Å². The summed E-state index contributed by atoms with van der Waals surface area (Å²) in [4.78, 5) is 44.0. The fourth-order valence-electron chi connectivity index (χ4n) is 9.62. The molecule has 68 heavy (non-hydrogen) atoms. The van der Waals surface area contributed by atoms with Crippen molar-refractivity contribution in [3.8, 4) is 33.7 Å². The average Bonchev–Trinajstić information content (AvgIpc) is 3.78. The Balaban J connectivity index is 0.757. The first-order valence-electron chi connectivity index (χ1n) is 23.4. The summed E-state index contributed by atoms with van der Waals surface area (Å²) in [5, 5.41) is 13.6. The van der Waals surface area contributed by atoms with Crippen LogP contribution in [0.15, 0.2) is 94.8 Å². The van der Waals surface area contributed by atoms with Crippen molar-refractivity contribution >= 4 is 23.8 Å². The number of hydrogen-bond donors (Lipinski definition) is 3. The van der Waals surface area contributed by atoms with Crippen LogP contribution in [0.2, 0.25) is 0 Å². The van der Waals surface area contributed by atoms with Crippen LogP contribution in [0.25, 0.3) is 33.7 Å². The summed E-state index contributed by atoms with van der Waals surface area (Å²) in [6.45, 7) is 9.76. The van der Waals surface area contributed by atoms with Gasteiger partial charge in [-0.3, -0.25) is 9.48 Å². The van der Waals surface area contributed by atoms with Gasteiger partial charge in [-0.2, -0.15) is 15.1 Å². The maximum Gasteiger partial charge on any atom is 0.324 e. The molecule has 0 spiro atoms. The van der Waals surface area contributed by atoms with E-state index in [1.54, 1.807) is 41.9 Å². The van der Waals surface area contributed by atoms with Crippen molar-refractivity contribution in [2.24, 2.45) is 17.6 Å². The molecule has 7 heterocycles. The smallest absolute Gasteiger partial charge is 0.324 e. The Morgan fingerprint density at radius 2 is 1.37 bits per heavy atom. The molecular weight excluding hydrogens is 863 g/mol. The molecule has 4 unspecified atom stereocenters. The van der Waals surface area contributed by atoms with Crippen molar-refractivity contribution in [3.05, 3.63) is 108 Å². The van der Waals surface area contributed by atoms with Crippen LogP contribution in [0.3, 0.4) is 0 Å². The molecule has 4 atom stereocenters. The zero-order valence-corrected chi connectivity index (χ0v) is 38.6. The van der Waals surface area contributed by atoms with Crippen LogP contribution < -0.4 is 22.1 Å². The first-order valence-corrected chi connectivity index (χ1v) is 23.4. The summed E-state index contributed by atoms with van der Waals surface area (Å²) < 4.78 is 19.8. The number of carbonyl (C=O) groups is 1. The number of likely N-dealkylation sites (tertiary alicyclic amines) is 1. The van der Waals surface area contributed by atoms with Gasteiger partial charge in [0, 0.05) is 80.9 Å². The number of benzene rings is 2. The third kappa shape index (κ3) is 9.02. The SMILES string of the molecule is CC(CCOC1CCN(C(=O)Cn2cc(-c3nc(C(C)(c4ccc(-c5cnc(N)nc5)cc4)C4CC4)no3)cn2)C1)C(C)(c1ccc(-c2cnc(N)nc2)cc1)c1noc(N2CCC(N)CC2)n1. The second kappa shape index (κ2) is 18.5. The molecule has 3 fully saturated rings. The van der Waals surface area contributed by atoms with E-state index in [1.165, 1.54) is 0 Å². The maximum absolute atomic E-state index is 13.6. The number of carbonyl (C=O) groups excluding carboxylic acids is 1. The molecular formula is C49H57N15O4. The molecule has 0 radical (unpaired) electrons. The predicted molar refractivity (Wildman–Crippen MR) is 253 cm³/mol. The number of nitrogens with two attached hydrogens (primary N) is 3. The molecule has 7 aromatic rings. The molecule has 2 aromatic carbocycles. The first-order chi connectivity index (χ1) is 32.9. The topological polar surface area (TPSA) is 258 Å². The lowest BCUT2D eigenvalue weighted by Crippen LogP contribution is -2.40. The number of hydrogen-bond acceptors (Lipinski definition) is 17. The van der Waals surface area contributed by atoms with E-state index in [9.17, 15) is 4.79 Å². The van der Waals surface area contributed by atoms with Crippen LogP contribution in [-0.4, -0.2) is 106 Å². The maximum atomic E-state index is 13.6. The minimum atomic E-state index is -0.616. The largest absolute Gasteiger partial charge is 0.376 e. The second-order valence-corrected chi connectivity index (χ2v) is 18.9. The van der Waals surface area contributed by atoms with Gasteiger partial charge in [-0.25, -0.2) is 19.9 Å². The highest BCUT2D eigenvalue weighted by Crippen LogP contribution is 2.51. The molecule has 1 amide bonds. The first kappa shape index (κ1) is 44.7. The van der Waals surface area contributed by atoms with Crippen LogP contribution in [0.4, 0.5) is 17.9 Å². The summed E-state index contributed by atoms with van der Waals surface area (Å²) in [6.07, 6.45) is 15.6. The van der Waals surface area contributed by atoms with Gasteiger partial charge in [-0.15, -0.1) is 0 Å². The molecule has 10 rings (SSSR count). The van der Waals surface area contributed by atoms with Crippen molar-refractivity contribution < 1.29 is 18.6 Å². The number of piperidine rings is 1. The van der Waals surface area contributed by atoms with Gasteiger partial charge in [0.15, 0.2) is 11.6 Å². The Bertz CT molecular complexity index is 2820. The fraction of sp³-hybridized carbons (Fsp3) is 0.429. The summed E-state index contributed by atoms with van der Waals surface area (Å²) in [5.41, 5.74) is 23.1. The van der Waals surface area contributed by atoms with Gasteiger partial charge in [0.1, 0.15) is 6.54 Å². The molecule has 5 aromatic heterocycles. The van der Waals surface area contributed by atoms with Gasteiger partial charge < -0.3 is 40.8 Å². The number of nitrogens with zero attached hydrogens (tertiary/aromatic N) is 12. The molecule has 2 aliphatic heterocycles. The standard InChI is InChI=1S/C49H57N15O4/c1-30(48(2,43-59-47(68-61-43)62-18-14-39(50)15-19-62)36-8-4-31(5-9-36)33-22-53-45(51)54-23-33)17-21-66-40-16-20-63(28-40)41(65)29-64-27-35(26-57-64)42-58-44(60-67-42)49(3,38-12-13-38)37-10-6-32(7-11-37)34-24-55-46(52)56-25-34/h4-11,22-27,30,38-40H,12-21,28-29,50H2,1-3H3,(H2,51,53,54)(H2,52,55,56). The number of rotatable bonds is 16. The monoisotopic (exact) mass is 919 g/mol. The molecule has 3 aliphatic rings. The van der Waals surface area contributed by atoms with Gasteiger partial charge in [0.2, 0.25) is 17.8 Å². The van der Waals surface area contributed by atoms with E-state index in [2.05, 4.69) is 110 Å². The zero-order chi connectivity index (χ0) is 47.0. The number of amides is 1. The van der Waals surface area contributed by atoms with Gasteiger partial charge in [0.25, 0.3) is 5.89 Å². The molecule has 19 heteroatoms. The van der Waals surface area contributed by atoms with Gasteiger partial charge >= 0.3 is 6.01 Å². The minimum Gasteiger partial charge on any atom is -0.376 e. The lowest BCUT2D eigenvalue weighted by molar-refractivity contribution is -0.131. The Morgan fingerprint density at radius 3 is 2.00 bits per heavy atom. The van der Waals surface area contributed by atoms with Crippen molar-refractivity contribution in [3.63, 3.8) is 0 Å². The molecule has 352 valence electrons. The van der Waals surface area contributed by atoms with E-state index >= 15 is 0 Å². The number of ether oxygens (including phenoxy) is 1. The van der Waals surface area contributed by atoms with E-state index in [0.29, 0.717) is 54.7 Å². The number of nitrogen functional groups attached to an aromatic ring is 2. The van der Waals surface area contributed by atoms with Crippen molar-refractivity contribution in [1.82, 2.24) is 54.9 Å². The average molecular weight is 920 g/mol. The van der Waals surface area contributed by atoms with E-state index in [4.69, 9.17) is 41.0 Å². The van der Waals surface area contributed by atoms with Crippen LogP contribution in [0.1, 0.15) is 82.1 Å². The molecule has 0 bridgehead atoms. The molecule has 1 aliphatic carbocycles. The Morgan fingerprint density at radius 1 is 0.750 bits per heavy atom. The predicted octanol–water partition coefficient (Wildman–Crippen LogP) is 5.69. The van der Waals surface area contributed by atoms with E-state index in [1.807, 2.05) is 4.90 Å². The quantitative estimate of drug-likeness (QED) is 0.105. The highest BCUT2D eigenvalue weighted by atomic mass is 16.5. The summed E-state index contributed by atoms with van der Waals surface area (Å²) >= 11 is 0. The molecule has 19 nitrogen and oxygen atoms in total. The van der Waals surface area contributed by atoms with E-state index < -0.39 is 10.8 Å². The Labute approximate surface area is 393 Å². The highest BCUT2D eigenvalue weighted by molar-refractivity contribution is 5.76. The fourth-order valence-corrected chi connectivity index (χ4v) is 9.62. The number of aromatic nitrogens is 10. The van der Waals surface area contributed by atoms with Crippen LogP contribution in [-0.2, 0) is 26.9 Å². The second-order valence-electron chi connectivity index (χ2n) is 18.9. The third-order valence-electron chi connectivity index (χ3n) is 14.5. The minimum absolute atomic E-state index is 0.0363. The number of anilines is 3. The van der Waals surface area contributed by atoms with Gasteiger partial charge in [0.05, 0.1) is 28.7 Å². The van der Waals surface area contributed by atoms with Gasteiger partial charge in [-0.1, -0.05) is 65.8 Å². The molecule has 1 saturated carbocycles. The Kier molecular flexibility index (Phi) is 12.2. The highest BCUT2D eigenvalue weighted by Gasteiger charge is 2.47. The zero-order valence-electron chi connectivity index (χ0n) is 38.6. The lowest BCUT2D eigenvalue weighted by Gasteiger charge is -2.34. The van der Waals surface area contributed by atoms with Gasteiger partial charge in [-0.05, 0) is 86.5 Å².